The van der Waals surface area contributed by atoms with Crippen molar-refractivity contribution < 1.29 is 4.74 Å². The Morgan fingerprint density at radius 2 is 2.08 bits per heavy atom. The largest absolute Gasteiger partial charge is 0.492 e. The predicted octanol–water partition coefficient (Wildman–Crippen LogP) is 1.59. The van der Waals surface area contributed by atoms with Crippen LogP contribution in [0.3, 0.4) is 0 Å². The summed E-state index contributed by atoms with van der Waals surface area (Å²) in [6, 6.07) is 13.5. The lowest BCUT2D eigenvalue weighted by Crippen LogP contribution is -2.24. The van der Waals surface area contributed by atoms with Crippen LogP contribution in [-0.2, 0) is 0 Å². The van der Waals surface area contributed by atoms with Crippen LogP contribution in [0.5, 0.6) is 5.75 Å². The van der Waals surface area contributed by atoms with Gasteiger partial charge >= 0.3 is 0 Å². The molecule has 0 fully saturated rings. The van der Waals surface area contributed by atoms with Gasteiger partial charge in [-0.3, -0.25) is 4.79 Å². The second kappa shape index (κ2) is 7.81. The van der Waals surface area contributed by atoms with Crippen LogP contribution in [0, 0.1) is 0 Å². The Labute approximate surface area is 149 Å². The number of aromatic amines is 1. The van der Waals surface area contributed by atoms with Gasteiger partial charge in [0.25, 0.3) is 5.56 Å². The molecule has 0 radical (unpaired) electrons. The van der Waals surface area contributed by atoms with E-state index in [1.54, 1.807) is 6.20 Å². The van der Waals surface area contributed by atoms with Crippen LogP contribution >= 0.6 is 11.3 Å². The summed E-state index contributed by atoms with van der Waals surface area (Å²) >= 11 is 1.35. The van der Waals surface area contributed by atoms with E-state index in [-0.39, 0.29) is 5.56 Å². The molecule has 0 saturated carbocycles. The number of nitrogens with one attached hydrogen (secondary N) is 1. The van der Waals surface area contributed by atoms with Crippen molar-refractivity contribution in [3.63, 3.8) is 0 Å². The molecule has 6 heteroatoms. The maximum atomic E-state index is 11.7. The number of anilines is 1. The monoisotopic (exact) mass is 353 g/mol. The molecule has 2 heterocycles. The molecule has 1 N–H and O–H groups in total. The van der Waals surface area contributed by atoms with Crippen LogP contribution in [-0.4, -0.2) is 30.2 Å². The zero-order chi connectivity index (χ0) is 17.6. The minimum Gasteiger partial charge on any atom is -0.492 e. The lowest BCUT2D eigenvalue weighted by Gasteiger charge is -2.18. The second-order valence-corrected chi connectivity index (χ2v) is 6.65. The van der Waals surface area contributed by atoms with Gasteiger partial charge in [-0.25, -0.2) is 4.98 Å². The molecule has 0 spiro atoms. The highest BCUT2D eigenvalue weighted by Crippen LogP contribution is 2.13. The number of rotatable bonds is 6. The van der Waals surface area contributed by atoms with Gasteiger partial charge in [-0.1, -0.05) is 24.8 Å². The summed E-state index contributed by atoms with van der Waals surface area (Å²) in [6.07, 6.45) is 3.62. The lowest BCUT2D eigenvalue weighted by atomic mass is 10.2. The average Bonchev–Trinajstić information content (AvgIpc) is 2.94. The van der Waals surface area contributed by atoms with E-state index in [1.807, 2.05) is 60.5 Å². The molecule has 3 aromatic rings. The van der Waals surface area contributed by atoms with E-state index in [1.165, 1.54) is 11.3 Å². The minimum atomic E-state index is -0.104. The van der Waals surface area contributed by atoms with Crippen molar-refractivity contribution in [2.75, 3.05) is 25.1 Å². The molecule has 2 aromatic heterocycles. The first-order valence-electron chi connectivity index (χ1n) is 7.86. The van der Waals surface area contributed by atoms with Gasteiger partial charge in [-0.05, 0) is 35.9 Å². The number of likely N-dealkylation sites (N-methyl/N-ethyl adjacent to an activating group) is 1. The Morgan fingerprint density at radius 3 is 2.72 bits per heavy atom. The second-order valence-electron chi connectivity index (χ2n) is 5.51. The molecule has 0 aliphatic heterocycles. The smallest absolute Gasteiger partial charge is 0.266 e. The molecule has 0 bridgehead atoms. The van der Waals surface area contributed by atoms with Crippen LogP contribution in [0.15, 0.2) is 53.5 Å². The van der Waals surface area contributed by atoms with Gasteiger partial charge in [0.15, 0.2) is 0 Å². The van der Waals surface area contributed by atoms with E-state index in [4.69, 9.17) is 4.74 Å². The van der Waals surface area contributed by atoms with Crippen molar-refractivity contribution in [2.24, 2.45) is 0 Å². The van der Waals surface area contributed by atoms with E-state index in [9.17, 15) is 4.79 Å². The summed E-state index contributed by atoms with van der Waals surface area (Å²) in [5, 5.41) is 0. The zero-order valence-electron chi connectivity index (χ0n) is 13.9. The number of hydrogen-bond donors (Lipinski definition) is 1. The van der Waals surface area contributed by atoms with E-state index >= 15 is 0 Å². The first kappa shape index (κ1) is 17.0. The maximum Gasteiger partial charge on any atom is 0.266 e. The van der Waals surface area contributed by atoms with Gasteiger partial charge in [-0.2, -0.15) is 0 Å². The number of H-pyrrole nitrogens is 1. The highest BCUT2D eigenvalue weighted by Gasteiger charge is 2.02. The van der Waals surface area contributed by atoms with Crippen molar-refractivity contribution in [2.45, 2.75) is 0 Å². The van der Waals surface area contributed by atoms with Gasteiger partial charge in [0.2, 0.25) is 0 Å². The minimum absolute atomic E-state index is 0.104. The summed E-state index contributed by atoms with van der Waals surface area (Å²) in [4.78, 5) is 20.7. The fraction of sp³-hybridized carbons (Fsp3) is 0.158. The van der Waals surface area contributed by atoms with Crippen molar-refractivity contribution in [3.8, 4) is 5.75 Å². The maximum absolute atomic E-state index is 11.7. The molecule has 0 amide bonds. The Balaban J connectivity index is 1.58. The standard InChI is InChI=1S/C19H19N3O2S/c1-14-21-19(23)17(25-14)13-15-6-8-16(9-7-15)24-12-11-22(2)18-5-3-4-10-20-18/h3-10,13H,1,11-12H2,2H3,(H,21,23)/b17-13+. The summed E-state index contributed by atoms with van der Waals surface area (Å²) in [6.45, 7) is 5.04. The summed E-state index contributed by atoms with van der Waals surface area (Å²) in [5.74, 6) is 1.71. The van der Waals surface area contributed by atoms with Gasteiger partial charge in [0.05, 0.1) is 15.7 Å². The van der Waals surface area contributed by atoms with Crippen LogP contribution in [0.25, 0.3) is 12.7 Å². The molecule has 0 aliphatic carbocycles. The summed E-state index contributed by atoms with van der Waals surface area (Å²) in [5.41, 5.74) is 0.846. The third kappa shape index (κ3) is 4.58. The van der Waals surface area contributed by atoms with E-state index in [2.05, 4.69) is 16.5 Å². The fourth-order valence-electron chi connectivity index (χ4n) is 2.29. The lowest BCUT2D eigenvalue weighted by molar-refractivity contribution is 0.325. The molecular weight excluding hydrogens is 334 g/mol. The third-order valence-electron chi connectivity index (χ3n) is 3.62. The van der Waals surface area contributed by atoms with Gasteiger partial charge in [-0.15, -0.1) is 11.3 Å². The van der Waals surface area contributed by atoms with Crippen LogP contribution < -0.4 is 24.4 Å². The number of thiazole rings is 1. The van der Waals surface area contributed by atoms with Crippen molar-refractivity contribution in [1.82, 2.24) is 9.97 Å². The Hall–Kier alpha value is -2.86. The molecule has 0 saturated heterocycles. The normalized spacial score (nSPS) is 11.5. The van der Waals surface area contributed by atoms with Crippen molar-refractivity contribution >= 4 is 29.8 Å². The molecule has 5 nitrogen and oxygen atoms in total. The number of nitrogens with zero attached hydrogens (tertiary/aromatic N) is 2. The van der Waals surface area contributed by atoms with Crippen molar-refractivity contribution in [1.29, 1.82) is 0 Å². The molecule has 128 valence electrons. The first-order chi connectivity index (χ1) is 12.1. The highest BCUT2D eigenvalue weighted by molar-refractivity contribution is 7.07. The summed E-state index contributed by atoms with van der Waals surface area (Å²) < 4.78 is 7.08. The molecule has 0 unspecified atom stereocenters. The number of ether oxygens (including phenoxy) is 1. The molecule has 25 heavy (non-hydrogen) atoms. The fourth-order valence-corrected chi connectivity index (χ4v) is 3.04. The predicted molar refractivity (Wildman–Crippen MR) is 103 cm³/mol. The molecule has 0 aliphatic rings. The number of pyridine rings is 1. The number of hydrogen-bond acceptors (Lipinski definition) is 5. The molecular formula is C19H19N3O2S. The van der Waals surface area contributed by atoms with Crippen LogP contribution in [0.1, 0.15) is 5.56 Å². The van der Waals surface area contributed by atoms with E-state index in [0.29, 0.717) is 15.8 Å². The topological polar surface area (TPSA) is 58.2 Å². The van der Waals surface area contributed by atoms with Gasteiger partial charge < -0.3 is 14.6 Å². The third-order valence-corrected chi connectivity index (χ3v) is 4.50. The average molecular weight is 353 g/mol. The Bertz CT molecular complexity index is 978. The number of benzene rings is 1. The molecule has 1 aromatic carbocycles. The van der Waals surface area contributed by atoms with E-state index < -0.39 is 0 Å². The Kier molecular flexibility index (Phi) is 5.30. The highest BCUT2D eigenvalue weighted by atomic mass is 32.1. The van der Waals surface area contributed by atoms with Crippen LogP contribution in [0.2, 0.25) is 0 Å². The summed E-state index contributed by atoms with van der Waals surface area (Å²) in [7, 11) is 1.99. The Morgan fingerprint density at radius 1 is 1.28 bits per heavy atom. The van der Waals surface area contributed by atoms with E-state index in [0.717, 1.165) is 23.7 Å². The van der Waals surface area contributed by atoms with Gasteiger partial charge in [0, 0.05) is 13.2 Å². The first-order valence-corrected chi connectivity index (χ1v) is 8.68. The number of aromatic nitrogens is 2. The molecule has 0 atom stereocenters. The van der Waals surface area contributed by atoms with Crippen LogP contribution in [0.4, 0.5) is 5.82 Å². The quantitative estimate of drug-likeness (QED) is 0.731. The zero-order valence-corrected chi connectivity index (χ0v) is 14.8. The molecule has 3 rings (SSSR count). The SMILES string of the molecule is C=c1[nH]c(=O)/c(=C\c2ccc(OCCN(C)c3ccccn3)cc2)s1. The van der Waals surface area contributed by atoms with Crippen molar-refractivity contribution in [3.05, 3.63) is 73.8 Å². The van der Waals surface area contributed by atoms with Gasteiger partial charge in [0.1, 0.15) is 18.2 Å².